The Bertz CT molecular complexity index is 2370. The molecule has 0 radical (unpaired) electrons. The van der Waals surface area contributed by atoms with Crippen LogP contribution in [0.25, 0.3) is 22.3 Å². The number of nitrogens with zero attached hydrogens (tertiary/aromatic N) is 9. The van der Waals surface area contributed by atoms with Gasteiger partial charge in [-0.15, -0.1) is 11.5 Å². The number of aromatic amines is 1. The van der Waals surface area contributed by atoms with Crippen molar-refractivity contribution in [1.29, 1.82) is 5.26 Å². The van der Waals surface area contributed by atoms with Crippen LogP contribution in [0.2, 0.25) is 0 Å². The predicted octanol–water partition coefficient (Wildman–Crippen LogP) is 2.22. The van der Waals surface area contributed by atoms with Crippen LogP contribution in [0.4, 0.5) is 0 Å². The zero-order valence-corrected chi connectivity index (χ0v) is 37.4. The van der Waals surface area contributed by atoms with Crippen molar-refractivity contribution in [2.75, 3.05) is 119 Å². The van der Waals surface area contributed by atoms with Crippen LogP contribution in [0.5, 0.6) is 5.75 Å². The summed E-state index contributed by atoms with van der Waals surface area (Å²) in [4.78, 5) is 61.1. The van der Waals surface area contributed by atoms with Crippen molar-refractivity contribution >= 4 is 34.1 Å². The van der Waals surface area contributed by atoms with Crippen molar-refractivity contribution in [3.05, 3.63) is 71.6 Å². The standard InChI is InChI=1S/C47H58N10O9/c1-3-20-63-22-24-65-26-27-66-25-23-64-21-19-53-17-18-56(37(31-53)32-58)36-11-15-55(16-12-36)47(61)44-51-33-57(52-44)45-42-41(40(62-2)30-50-45)39(29-49-42)43(59)46(60)54-13-9-35(10-14-54)38(28-48)34-7-5-4-6-8-34/h1,4-8,29-30,33,36-37,49,58H,9-27,31-32H2,2H3. The number of pyridine rings is 1. The van der Waals surface area contributed by atoms with Gasteiger partial charge in [0.2, 0.25) is 5.82 Å². The Hall–Kier alpha value is -6.03. The lowest BCUT2D eigenvalue weighted by Gasteiger charge is -2.47. The second-order valence-corrected chi connectivity index (χ2v) is 16.2. The molecule has 2 N–H and O–H groups in total. The molecule has 6 heterocycles. The summed E-state index contributed by atoms with van der Waals surface area (Å²) in [6.07, 6.45) is 11.9. The Morgan fingerprint density at radius 2 is 1.59 bits per heavy atom. The zero-order valence-electron chi connectivity index (χ0n) is 37.4. The van der Waals surface area contributed by atoms with Crippen LogP contribution in [0.1, 0.15) is 52.2 Å². The van der Waals surface area contributed by atoms with Gasteiger partial charge in [-0.3, -0.25) is 24.2 Å². The molecule has 3 aliphatic rings. The minimum absolute atomic E-state index is 0.00519. The summed E-state index contributed by atoms with van der Waals surface area (Å²) in [7, 11) is 1.45. The molecule has 19 heteroatoms. The number of allylic oxidation sites excluding steroid dienone is 1. The molecule has 350 valence electrons. The quantitative estimate of drug-likeness (QED) is 0.0404. The molecule has 19 nitrogen and oxygen atoms in total. The topological polar surface area (TPSA) is 214 Å². The van der Waals surface area contributed by atoms with Crippen molar-refractivity contribution in [3.8, 4) is 30.0 Å². The summed E-state index contributed by atoms with van der Waals surface area (Å²) < 4.78 is 28.9. The van der Waals surface area contributed by atoms with Gasteiger partial charge in [-0.05, 0) is 36.8 Å². The number of aliphatic hydroxyl groups is 1. The van der Waals surface area contributed by atoms with E-state index in [1.807, 2.05) is 30.3 Å². The smallest absolute Gasteiger partial charge is 0.295 e. The van der Waals surface area contributed by atoms with Crippen molar-refractivity contribution in [2.45, 2.75) is 37.8 Å². The first-order valence-electron chi connectivity index (χ1n) is 22.4. The van der Waals surface area contributed by atoms with Crippen LogP contribution in [0, 0.1) is 23.7 Å². The highest BCUT2D eigenvalue weighted by molar-refractivity contribution is 6.45. The molecule has 1 unspecified atom stereocenters. The number of H-pyrrole nitrogens is 1. The number of methoxy groups -OCH3 is 1. The molecule has 0 aliphatic carbocycles. The van der Waals surface area contributed by atoms with Gasteiger partial charge in [0.1, 0.15) is 18.7 Å². The molecule has 3 fully saturated rings. The van der Waals surface area contributed by atoms with Crippen molar-refractivity contribution < 1.29 is 43.2 Å². The van der Waals surface area contributed by atoms with Gasteiger partial charge in [0, 0.05) is 70.6 Å². The van der Waals surface area contributed by atoms with E-state index in [4.69, 9.17) is 30.1 Å². The number of carbonyl (C=O) groups excluding carboxylic acids is 3. The molecular weight excluding hydrogens is 849 g/mol. The number of aromatic nitrogens is 5. The van der Waals surface area contributed by atoms with Crippen LogP contribution in [0.15, 0.2) is 54.6 Å². The molecule has 2 amide bonds. The lowest BCUT2D eigenvalue weighted by molar-refractivity contribution is -0.126. The van der Waals surface area contributed by atoms with E-state index in [-0.39, 0.29) is 54.2 Å². The number of nitriles is 1. The molecular formula is C47H58N10O9. The maximum Gasteiger partial charge on any atom is 0.295 e. The number of hydrogen-bond acceptors (Lipinski definition) is 15. The van der Waals surface area contributed by atoms with Crippen molar-refractivity contribution in [1.82, 2.24) is 44.3 Å². The van der Waals surface area contributed by atoms with E-state index in [0.717, 1.165) is 50.2 Å². The number of fused-ring (bicyclic) bond motifs is 1. The molecule has 3 saturated heterocycles. The fourth-order valence-electron chi connectivity index (χ4n) is 8.82. The number of likely N-dealkylation sites (tertiary alicyclic amines) is 2. The van der Waals surface area contributed by atoms with E-state index in [0.29, 0.717) is 102 Å². The molecule has 1 aromatic carbocycles. The number of ketones is 1. The van der Waals surface area contributed by atoms with Crippen LogP contribution < -0.4 is 4.74 Å². The van der Waals surface area contributed by atoms with Gasteiger partial charge in [0.05, 0.1) is 94.3 Å². The average molecular weight is 907 g/mol. The molecule has 66 heavy (non-hydrogen) atoms. The van der Waals surface area contributed by atoms with Crippen LogP contribution in [0.3, 0.4) is 0 Å². The highest BCUT2D eigenvalue weighted by Crippen LogP contribution is 2.33. The molecule has 0 saturated carbocycles. The number of hydrogen-bond donors (Lipinski definition) is 2. The summed E-state index contributed by atoms with van der Waals surface area (Å²) in [5, 5.41) is 25.1. The van der Waals surface area contributed by atoms with E-state index in [9.17, 15) is 24.8 Å². The number of piperazine rings is 1. The first-order valence-corrected chi connectivity index (χ1v) is 22.4. The van der Waals surface area contributed by atoms with Gasteiger partial charge >= 0.3 is 0 Å². The second kappa shape index (κ2) is 23.9. The Morgan fingerprint density at radius 1 is 0.894 bits per heavy atom. The number of nitrogens with one attached hydrogen (secondary N) is 1. The van der Waals surface area contributed by atoms with Gasteiger partial charge in [-0.25, -0.2) is 9.97 Å². The number of ether oxygens (including phenoxy) is 5. The maximum absolute atomic E-state index is 13.8. The summed E-state index contributed by atoms with van der Waals surface area (Å²) in [6.45, 7) is 8.57. The molecule has 1 atom stereocenters. The fraction of sp³-hybridized carbons (Fsp3) is 0.511. The number of rotatable bonds is 21. The van der Waals surface area contributed by atoms with Crippen LogP contribution in [-0.4, -0.2) is 198 Å². The number of Topliss-reactive ketones (excluding diaryl/α,β-unsaturated/α-hetero) is 1. The third kappa shape index (κ3) is 11.7. The highest BCUT2D eigenvalue weighted by atomic mass is 16.6. The van der Waals surface area contributed by atoms with Crippen LogP contribution in [-0.2, 0) is 23.7 Å². The molecule has 7 rings (SSSR count). The maximum atomic E-state index is 13.8. The average Bonchev–Trinajstić information content (AvgIpc) is 4.04. The molecule has 0 spiro atoms. The van der Waals surface area contributed by atoms with Gasteiger partial charge in [0.15, 0.2) is 5.82 Å². The summed E-state index contributed by atoms with van der Waals surface area (Å²) >= 11 is 0. The number of aliphatic hydroxyl groups excluding tert-OH is 1. The summed E-state index contributed by atoms with van der Waals surface area (Å²) in [6, 6.07) is 12.0. The van der Waals surface area contributed by atoms with Crippen molar-refractivity contribution in [2.24, 2.45) is 0 Å². The van der Waals surface area contributed by atoms with Crippen molar-refractivity contribution in [3.63, 3.8) is 0 Å². The largest absolute Gasteiger partial charge is 0.494 e. The zero-order chi connectivity index (χ0) is 46.3. The lowest BCUT2D eigenvalue weighted by atomic mass is 9.93. The second-order valence-electron chi connectivity index (χ2n) is 16.2. The normalized spacial score (nSPS) is 17.5. The van der Waals surface area contributed by atoms with Gasteiger partial charge in [-0.1, -0.05) is 36.3 Å². The Morgan fingerprint density at radius 3 is 2.26 bits per heavy atom. The molecule has 0 bridgehead atoms. The Balaban J connectivity index is 0.879. The molecule has 3 aromatic heterocycles. The minimum Gasteiger partial charge on any atom is -0.494 e. The van der Waals surface area contributed by atoms with Gasteiger partial charge < -0.3 is 43.6 Å². The SMILES string of the molecule is C#CCOCCOCCOCCOCCN1CCN(C2CCN(C(=O)c3ncn(-c4ncc(OC)c5c(C(=O)C(=O)N6CCC(=C(C#N)c7ccccc7)CC6)c[nH]c45)n3)CC2)C(CO)C1. The van der Waals surface area contributed by atoms with Gasteiger partial charge in [0.25, 0.3) is 17.6 Å². The number of terminal acetylenes is 1. The fourth-order valence-corrected chi connectivity index (χ4v) is 8.82. The van der Waals surface area contributed by atoms with E-state index < -0.39 is 11.7 Å². The molecule has 4 aromatic rings. The lowest BCUT2D eigenvalue weighted by Crippen LogP contribution is -2.60. The number of carbonyl (C=O) groups is 3. The number of benzene rings is 1. The minimum atomic E-state index is -0.709. The van der Waals surface area contributed by atoms with E-state index >= 15 is 0 Å². The van der Waals surface area contributed by atoms with Gasteiger partial charge in [-0.2, -0.15) is 9.94 Å². The monoisotopic (exact) mass is 906 g/mol. The third-order valence-electron chi connectivity index (χ3n) is 12.3. The highest BCUT2D eigenvalue weighted by Gasteiger charge is 2.36. The summed E-state index contributed by atoms with van der Waals surface area (Å²) in [5.41, 5.74) is 2.90. The van der Waals surface area contributed by atoms with E-state index in [1.165, 1.54) is 35.4 Å². The predicted molar refractivity (Wildman–Crippen MR) is 242 cm³/mol. The Labute approximate surface area is 384 Å². The molecule has 3 aliphatic heterocycles. The van der Waals surface area contributed by atoms with E-state index in [2.05, 4.69) is 41.8 Å². The number of piperidine rings is 2. The Kier molecular flexibility index (Phi) is 17.4. The first kappa shape index (κ1) is 47.9. The first-order chi connectivity index (χ1) is 32.3. The summed E-state index contributed by atoms with van der Waals surface area (Å²) in [5.74, 6) is 1.30. The van der Waals surface area contributed by atoms with Crippen LogP contribution >= 0.6 is 0 Å². The van der Waals surface area contributed by atoms with E-state index in [1.54, 1.807) is 4.90 Å². The third-order valence-corrected chi connectivity index (χ3v) is 12.3. The number of amides is 2.